The Labute approximate surface area is 213 Å². The third kappa shape index (κ3) is 5.77. The monoisotopic (exact) mass is 527 g/mol. The van der Waals surface area contributed by atoms with Crippen LogP contribution in [0.1, 0.15) is 36.8 Å². The summed E-state index contributed by atoms with van der Waals surface area (Å²) in [5.41, 5.74) is 0.705. The van der Waals surface area contributed by atoms with Crippen molar-refractivity contribution in [3.8, 4) is 0 Å². The lowest BCUT2D eigenvalue weighted by Gasteiger charge is -2.24. The molecule has 1 unspecified atom stereocenters. The topological polar surface area (TPSA) is 70.2 Å². The van der Waals surface area contributed by atoms with Gasteiger partial charge in [0.25, 0.3) is 0 Å². The van der Waals surface area contributed by atoms with Gasteiger partial charge in [0.1, 0.15) is 6.04 Å². The molecule has 4 rings (SSSR count). The molecule has 2 aliphatic rings. The molecule has 2 fully saturated rings. The fraction of sp³-hybridized carbons (Fsp3) is 0.417. The molecule has 176 valence electrons. The highest BCUT2D eigenvalue weighted by Gasteiger charge is 2.53. The Balaban J connectivity index is 1.52. The van der Waals surface area contributed by atoms with Gasteiger partial charge in [0, 0.05) is 39.1 Å². The van der Waals surface area contributed by atoms with E-state index in [-0.39, 0.29) is 24.3 Å². The Bertz CT molecular complexity index is 1050. The first kappa shape index (κ1) is 24.6. The Morgan fingerprint density at radius 2 is 1.73 bits per heavy atom. The zero-order valence-electron chi connectivity index (χ0n) is 17.9. The third-order valence-corrected chi connectivity index (χ3v) is 7.51. The van der Waals surface area contributed by atoms with Crippen LogP contribution in [0.3, 0.4) is 0 Å². The van der Waals surface area contributed by atoms with E-state index in [9.17, 15) is 9.59 Å². The van der Waals surface area contributed by atoms with Crippen molar-refractivity contribution in [2.75, 3.05) is 13.1 Å². The number of rotatable bonds is 8. The minimum absolute atomic E-state index is 0.226. The molecule has 2 atom stereocenters. The second-order valence-electron chi connectivity index (χ2n) is 8.71. The van der Waals surface area contributed by atoms with Crippen LogP contribution < -0.4 is 16.0 Å². The number of benzene rings is 2. The molecule has 1 heterocycles. The predicted molar refractivity (Wildman–Crippen MR) is 134 cm³/mol. The SMILES string of the molecule is O=C(NC[C@H]1CCCN1)C(Cc1ccc(Cl)cc1Cl)NC(=O)C1(c2ccc(Cl)cc2Cl)CC1. The summed E-state index contributed by atoms with van der Waals surface area (Å²) in [7, 11) is 0. The van der Waals surface area contributed by atoms with Gasteiger partial charge in [0.2, 0.25) is 11.8 Å². The van der Waals surface area contributed by atoms with E-state index in [4.69, 9.17) is 46.4 Å². The number of hydrogen-bond donors (Lipinski definition) is 3. The average Bonchev–Trinajstić information content (AvgIpc) is 3.40. The summed E-state index contributed by atoms with van der Waals surface area (Å²) in [6, 6.07) is 9.73. The van der Waals surface area contributed by atoms with Crippen LogP contribution in [0.15, 0.2) is 36.4 Å². The van der Waals surface area contributed by atoms with E-state index >= 15 is 0 Å². The molecule has 2 aromatic rings. The van der Waals surface area contributed by atoms with Gasteiger partial charge in [-0.15, -0.1) is 0 Å². The van der Waals surface area contributed by atoms with E-state index in [0.717, 1.165) is 30.5 Å². The van der Waals surface area contributed by atoms with Crippen LogP contribution in [0.2, 0.25) is 20.1 Å². The Kier molecular flexibility index (Phi) is 7.76. The lowest BCUT2D eigenvalue weighted by Crippen LogP contribution is -2.52. The highest BCUT2D eigenvalue weighted by atomic mass is 35.5. The predicted octanol–water partition coefficient (Wildman–Crippen LogP) is 4.93. The van der Waals surface area contributed by atoms with Gasteiger partial charge in [-0.1, -0.05) is 58.5 Å². The standard InChI is InChI=1S/C24H25Cl4N3O2/c25-15-4-3-14(19(27)11-15)10-21(22(32)30-13-17-2-1-9-29-17)31-23(33)24(7-8-24)18-6-5-16(26)12-20(18)28/h3-6,11-12,17,21,29H,1-2,7-10,13H2,(H,30,32)(H,31,33)/t17-,21?/m1/s1. The zero-order chi connectivity index (χ0) is 23.6. The molecule has 0 aromatic heterocycles. The number of carbonyl (C=O) groups excluding carboxylic acids is 2. The van der Waals surface area contributed by atoms with E-state index in [1.807, 2.05) is 0 Å². The molecular weight excluding hydrogens is 504 g/mol. The van der Waals surface area contributed by atoms with Gasteiger partial charge < -0.3 is 16.0 Å². The second kappa shape index (κ2) is 10.4. The first-order valence-corrected chi connectivity index (χ1v) is 12.5. The molecule has 1 aliphatic heterocycles. The van der Waals surface area contributed by atoms with E-state index < -0.39 is 11.5 Å². The first-order chi connectivity index (χ1) is 15.8. The molecule has 1 aliphatic carbocycles. The molecular formula is C24H25Cl4N3O2. The molecule has 2 aromatic carbocycles. The summed E-state index contributed by atoms with van der Waals surface area (Å²) in [5, 5.41) is 11.2. The molecule has 3 N–H and O–H groups in total. The summed E-state index contributed by atoms with van der Waals surface area (Å²) in [6.45, 7) is 1.46. The summed E-state index contributed by atoms with van der Waals surface area (Å²) < 4.78 is 0. The third-order valence-electron chi connectivity index (χ3n) is 6.38. The van der Waals surface area contributed by atoms with Gasteiger partial charge in [-0.25, -0.2) is 0 Å². The number of hydrogen-bond acceptors (Lipinski definition) is 3. The van der Waals surface area contributed by atoms with Crippen LogP contribution in [0.5, 0.6) is 0 Å². The molecule has 1 saturated heterocycles. The highest BCUT2D eigenvalue weighted by Crippen LogP contribution is 2.51. The van der Waals surface area contributed by atoms with Crippen molar-refractivity contribution in [2.45, 2.75) is 49.6 Å². The van der Waals surface area contributed by atoms with Crippen LogP contribution in [0.4, 0.5) is 0 Å². The van der Waals surface area contributed by atoms with Gasteiger partial charge in [-0.2, -0.15) is 0 Å². The highest BCUT2D eigenvalue weighted by molar-refractivity contribution is 6.35. The number of amides is 2. The van der Waals surface area contributed by atoms with Crippen molar-refractivity contribution in [2.24, 2.45) is 0 Å². The van der Waals surface area contributed by atoms with Crippen LogP contribution in [-0.4, -0.2) is 37.0 Å². The Morgan fingerprint density at radius 3 is 2.33 bits per heavy atom. The average molecular weight is 529 g/mol. The Morgan fingerprint density at radius 1 is 1.03 bits per heavy atom. The van der Waals surface area contributed by atoms with E-state index in [1.165, 1.54) is 0 Å². The van der Waals surface area contributed by atoms with Gasteiger partial charge >= 0.3 is 0 Å². The lowest BCUT2D eigenvalue weighted by molar-refractivity contribution is -0.130. The molecule has 0 bridgehead atoms. The van der Waals surface area contributed by atoms with Gasteiger partial charge in [-0.05, 0) is 67.6 Å². The quantitative estimate of drug-likeness (QED) is 0.455. The van der Waals surface area contributed by atoms with Crippen molar-refractivity contribution in [3.05, 3.63) is 67.6 Å². The molecule has 2 amide bonds. The molecule has 9 heteroatoms. The smallest absolute Gasteiger partial charge is 0.242 e. The minimum atomic E-state index is -0.791. The van der Waals surface area contributed by atoms with Gasteiger partial charge in [0.15, 0.2) is 0 Å². The van der Waals surface area contributed by atoms with E-state index in [1.54, 1.807) is 36.4 Å². The lowest BCUT2D eigenvalue weighted by atomic mass is 9.94. The second-order valence-corrected chi connectivity index (χ2v) is 10.4. The molecule has 0 spiro atoms. The van der Waals surface area contributed by atoms with Crippen molar-refractivity contribution in [3.63, 3.8) is 0 Å². The number of nitrogens with one attached hydrogen (secondary N) is 3. The maximum Gasteiger partial charge on any atom is 0.242 e. The van der Waals surface area contributed by atoms with Crippen LogP contribution in [0.25, 0.3) is 0 Å². The minimum Gasteiger partial charge on any atom is -0.353 e. The van der Waals surface area contributed by atoms with Gasteiger partial charge in [0.05, 0.1) is 5.41 Å². The molecule has 5 nitrogen and oxygen atoms in total. The van der Waals surface area contributed by atoms with Crippen LogP contribution >= 0.6 is 46.4 Å². The Hall–Kier alpha value is -1.50. The maximum absolute atomic E-state index is 13.4. The van der Waals surface area contributed by atoms with Crippen molar-refractivity contribution in [1.29, 1.82) is 0 Å². The maximum atomic E-state index is 13.4. The molecule has 0 radical (unpaired) electrons. The van der Waals surface area contributed by atoms with Crippen molar-refractivity contribution < 1.29 is 9.59 Å². The fourth-order valence-electron chi connectivity index (χ4n) is 4.31. The largest absolute Gasteiger partial charge is 0.353 e. The summed E-state index contributed by atoms with van der Waals surface area (Å²) in [5.74, 6) is -0.475. The van der Waals surface area contributed by atoms with Crippen LogP contribution in [-0.2, 0) is 21.4 Å². The van der Waals surface area contributed by atoms with Crippen LogP contribution in [0, 0.1) is 0 Å². The van der Waals surface area contributed by atoms with E-state index in [2.05, 4.69) is 16.0 Å². The van der Waals surface area contributed by atoms with E-state index in [0.29, 0.717) is 39.5 Å². The summed E-state index contributed by atoms with van der Waals surface area (Å²) in [6.07, 6.45) is 3.66. The normalized spacial score (nSPS) is 19.7. The first-order valence-electron chi connectivity index (χ1n) is 11.0. The summed E-state index contributed by atoms with van der Waals surface area (Å²) in [4.78, 5) is 26.6. The van der Waals surface area contributed by atoms with Crippen molar-refractivity contribution in [1.82, 2.24) is 16.0 Å². The summed E-state index contributed by atoms with van der Waals surface area (Å²) >= 11 is 24.8. The molecule has 1 saturated carbocycles. The zero-order valence-corrected chi connectivity index (χ0v) is 20.9. The van der Waals surface area contributed by atoms with Crippen molar-refractivity contribution >= 4 is 58.2 Å². The number of carbonyl (C=O) groups is 2. The number of halogens is 4. The van der Waals surface area contributed by atoms with Gasteiger partial charge in [-0.3, -0.25) is 9.59 Å². The fourth-order valence-corrected chi connectivity index (χ4v) is 5.39. The molecule has 33 heavy (non-hydrogen) atoms.